The van der Waals surface area contributed by atoms with Gasteiger partial charge in [-0.2, -0.15) is 0 Å². The first-order valence-electron chi connectivity index (χ1n) is 14.0. The molecule has 2 aromatic rings. The Morgan fingerprint density at radius 1 is 1.19 bits per heavy atom. The van der Waals surface area contributed by atoms with Gasteiger partial charge in [-0.15, -0.1) is 0 Å². The summed E-state index contributed by atoms with van der Waals surface area (Å²) in [6.07, 6.45) is 7.72. The van der Waals surface area contributed by atoms with Gasteiger partial charge in [-0.3, -0.25) is 14.4 Å². The fourth-order valence-corrected chi connectivity index (χ4v) is 6.46. The summed E-state index contributed by atoms with van der Waals surface area (Å²) < 4.78 is 5.41. The molecule has 1 saturated carbocycles. The van der Waals surface area contributed by atoms with Crippen molar-refractivity contribution in [3.05, 3.63) is 29.5 Å². The number of aromatic nitrogens is 1. The summed E-state index contributed by atoms with van der Waals surface area (Å²) in [6.45, 7) is 4.93. The number of benzene rings is 1. The smallest absolute Gasteiger partial charge is 0.246 e. The molecular formula is C29H40N4O4. The summed E-state index contributed by atoms with van der Waals surface area (Å²) in [5, 5.41) is 7.17. The molecule has 0 spiro atoms. The molecular weight excluding hydrogens is 468 g/mol. The second-order valence-electron chi connectivity index (χ2n) is 11.4. The molecule has 200 valence electrons. The Bertz CT molecular complexity index is 1170. The molecule has 2 fully saturated rings. The van der Waals surface area contributed by atoms with Crippen molar-refractivity contribution in [1.82, 2.24) is 20.5 Å². The van der Waals surface area contributed by atoms with Crippen LogP contribution in [-0.4, -0.2) is 53.3 Å². The van der Waals surface area contributed by atoms with Gasteiger partial charge in [0.05, 0.1) is 13.2 Å². The van der Waals surface area contributed by atoms with Gasteiger partial charge in [0, 0.05) is 41.5 Å². The lowest BCUT2D eigenvalue weighted by Crippen LogP contribution is -2.65. The minimum atomic E-state index is -0.519. The van der Waals surface area contributed by atoms with Crippen molar-refractivity contribution in [3.8, 4) is 5.75 Å². The van der Waals surface area contributed by atoms with Gasteiger partial charge in [0.2, 0.25) is 17.7 Å². The number of carbonyl (C=O) groups is 3. The molecule has 3 N–H and O–H groups in total. The molecule has 8 heteroatoms. The minimum absolute atomic E-state index is 0.00660. The predicted molar refractivity (Wildman–Crippen MR) is 142 cm³/mol. The number of amides is 3. The normalized spacial score (nSPS) is 23.8. The van der Waals surface area contributed by atoms with E-state index in [1.54, 1.807) is 7.11 Å². The molecule has 3 atom stereocenters. The van der Waals surface area contributed by atoms with Gasteiger partial charge < -0.3 is 25.3 Å². The van der Waals surface area contributed by atoms with Crippen molar-refractivity contribution in [2.24, 2.45) is 11.8 Å². The third-order valence-electron chi connectivity index (χ3n) is 8.36. The molecule has 0 radical (unpaired) electrons. The number of ether oxygens (including phenoxy) is 1. The van der Waals surface area contributed by atoms with E-state index in [4.69, 9.17) is 4.74 Å². The summed E-state index contributed by atoms with van der Waals surface area (Å²) >= 11 is 0. The molecule has 0 unspecified atom stereocenters. The number of fused-ring (bicyclic) bond motifs is 4. The SMILES string of the molecule is COc1ccc2c3c([nH]c2c1)[C@H](CC(C)C)N1C(=O)[C@H](CCCCNC(=O)C2CCCC2)NC(=O)[C@@H]1C3. The zero-order chi connectivity index (χ0) is 26.1. The molecule has 37 heavy (non-hydrogen) atoms. The van der Waals surface area contributed by atoms with E-state index in [2.05, 4.69) is 29.5 Å². The van der Waals surface area contributed by atoms with E-state index in [0.29, 0.717) is 25.3 Å². The number of piperazine rings is 1. The molecule has 8 nitrogen and oxygen atoms in total. The van der Waals surface area contributed by atoms with Gasteiger partial charge in [-0.1, -0.05) is 26.7 Å². The lowest BCUT2D eigenvalue weighted by molar-refractivity contribution is -0.154. The van der Waals surface area contributed by atoms with Crippen LogP contribution in [0, 0.1) is 11.8 Å². The van der Waals surface area contributed by atoms with Gasteiger partial charge in [0.25, 0.3) is 0 Å². The number of unbranched alkanes of at least 4 members (excludes halogenated alkanes) is 1. The van der Waals surface area contributed by atoms with E-state index < -0.39 is 12.1 Å². The Labute approximate surface area is 218 Å². The van der Waals surface area contributed by atoms with Crippen LogP contribution in [0.15, 0.2) is 18.2 Å². The first-order chi connectivity index (χ1) is 17.9. The highest BCUT2D eigenvalue weighted by molar-refractivity contribution is 5.99. The van der Waals surface area contributed by atoms with Gasteiger partial charge >= 0.3 is 0 Å². The van der Waals surface area contributed by atoms with E-state index in [9.17, 15) is 14.4 Å². The highest BCUT2D eigenvalue weighted by atomic mass is 16.5. The largest absolute Gasteiger partial charge is 0.497 e. The average Bonchev–Trinajstić information content (AvgIpc) is 3.54. The maximum atomic E-state index is 13.8. The topological polar surface area (TPSA) is 104 Å². The van der Waals surface area contributed by atoms with Crippen LogP contribution in [0.1, 0.15) is 82.5 Å². The maximum absolute atomic E-state index is 13.8. The summed E-state index contributed by atoms with van der Waals surface area (Å²) in [5.41, 5.74) is 3.15. The standard InChI is InChI=1S/C29H40N4O4/c1-17(2)14-24-26-21(20-12-11-19(37-3)15-23(20)31-26)16-25-28(35)32-22(29(36)33(24)25)10-6-7-13-30-27(34)18-8-4-5-9-18/h11-12,15,17-18,22,24-25,31H,4-10,13-14,16H2,1-3H3,(H,30,34)(H,32,35)/t22-,24-,25-/m0/s1. The van der Waals surface area contributed by atoms with Gasteiger partial charge in [0.1, 0.15) is 17.8 Å². The van der Waals surface area contributed by atoms with Crippen molar-refractivity contribution in [3.63, 3.8) is 0 Å². The number of carbonyl (C=O) groups excluding carboxylic acids is 3. The molecule has 1 aromatic carbocycles. The van der Waals surface area contributed by atoms with E-state index >= 15 is 0 Å². The molecule has 0 bridgehead atoms. The zero-order valence-electron chi connectivity index (χ0n) is 22.3. The zero-order valence-corrected chi connectivity index (χ0v) is 22.3. The van der Waals surface area contributed by atoms with E-state index in [-0.39, 0.29) is 29.7 Å². The highest BCUT2D eigenvalue weighted by Gasteiger charge is 2.48. The van der Waals surface area contributed by atoms with Crippen LogP contribution in [0.2, 0.25) is 0 Å². The molecule has 1 saturated heterocycles. The molecule has 3 heterocycles. The molecule has 5 rings (SSSR count). The summed E-state index contributed by atoms with van der Waals surface area (Å²) in [7, 11) is 1.65. The van der Waals surface area contributed by atoms with Gasteiger partial charge in [0.15, 0.2) is 0 Å². The molecule has 3 amide bonds. The number of nitrogens with zero attached hydrogens (tertiary/aromatic N) is 1. The third kappa shape index (κ3) is 5.07. The van der Waals surface area contributed by atoms with E-state index in [1.165, 1.54) is 0 Å². The number of nitrogens with one attached hydrogen (secondary N) is 3. The Morgan fingerprint density at radius 3 is 2.70 bits per heavy atom. The highest BCUT2D eigenvalue weighted by Crippen LogP contribution is 2.42. The van der Waals surface area contributed by atoms with Crippen LogP contribution in [-0.2, 0) is 20.8 Å². The maximum Gasteiger partial charge on any atom is 0.246 e. The summed E-state index contributed by atoms with van der Waals surface area (Å²) in [5.74, 6) is 1.41. The van der Waals surface area contributed by atoms with Crippen LogP contribution in [0.25, 0.3) is 10.9 Å². The number of aromatic amines is 1. The van der Waals surface area contributed by atoms with Crippen molar-refractivity contribution in [2.45, 2.75) is 89.8 Å². The van der Waals surface area contributed by atoms with E-state index in [1.807, 2.05) is 23.1 Å². The fourth-order valence-electron chi connectivity index (χ4n) is 6.46. The molecule has 3 aliphatic rings. The van der Waals surface area contributed by atoms with Crippen LogP contribution in [0.4, 0.5) is 0 Å². The second kappa shape index (κ2) is 10.8. The van der Waals surface area contributed by atoms with Crippen molar-refractivity contribution in [2.75, 3.05) is 13.7 Å². The Kier molecular flexibility index (Phi) is 7.45. The summed E-state index contributed by atoms with van der Waals surface area (Å²) in [6, 6.07) is 4.79. The first kappa shape index (κ1) is 25.6. The summed E-state index contributed by atoms with van der Waals surface area (Å²) in [4.78, 5) is 44.8. The monoisotopic (exact) mass is 508 g/mol. The average molecular weight is 509 g/mol. The Hall–Kier alpha value is -3.03. The fraction of sp³-hybridized carbons (Fsp3) is 0.621. The number of rotatable bonds is 9. The number of methoxy groups -OCH3 is 1. The van der Waals surface area contributed by atoms with Crippen LogP contribution >= 0.6 is 0 Å². The van der Waals surface area contributed by atoms with Crippen molar-refractivity contribution < 1.29 is 19.1 Å². The minimum Gasteiger partial charge on any atom is -0.497 e. The van der Waals surface area contributed by atoms with E-state index in [0.717, 1.165) is 72.9 Å². The Morgan fingerprint density at radius 2 is 1.97 bits per heavy atom. The first-order valence-corrected chi connectivity index (χ1v) is 14.0. The van der Waals surface area contributed by atoms with Crippen molar-refractivity contribution in [1.29, 1.82) is 0 Å². The van der Waals surface area contributed by atoms with Gasteiger partial charge in [-0.25, -0.2) is 0 Å². The Balaban J connectivity index is 1.29. The van der Waals surface area contributed by atoms with Crippen LogP contribution in [0.5, 0.6) is 5.75 Å². The van der Waals surface area contributed by atoms with Crippen LogP contribution in [0.3, 0.4) is 0 Å². The quantitative estimate of drug-likeness (QED) is 0.446. The second-order valence-corrected chi connectivity index (χ2v) is 11.4. The number of hydrogen-bond acceptors (Lipinski definition) is 4. The lowest BCUT2D eigenvalue weighted by Gasteiger charge is -2.47. The lowest BCUT2D eigenvalue weighted by atomic mass is 9.85. The number of hydrogen-bond donors (Lipinski definition) is 3. The van der Waals surface area contributed by atoms with Crippen LogP contribution < -0.4 is 15.4 Å². The third-order valence-corrected chi connectivity index (χ3v) is 8.36. The molecule has 1 aromatic heterocycles. The predicted octanol–water partition coefficient (Wildman–Crippen LogP) is 3.99. The molecule has 1 aliphatic carbocycles. The van der Waals surface area contributed by atoms with Crippen molar-refractivity contribution >= 4 is 28.6 Å². The van der Waals surface area contributed by atoms with Gasteiger partial charge in [-0.05, 0) is 62.1 Å². The molecule has 2 aliphatic heterocycles. The number of H-pyrrole nitrogens is 1.